The maximum atomic E-state index is 12.9. The van der Waals surface area contributed by atoms with Gasteiger partial charge in [-0.3, -0.25) is 9.59 Å². The van der Waals surface area contributed by atoms with Crippen LogP contribution in [0, 0.1) is 12.8 Å². The number of amides is 2. The van der Waals surface area contributed by atoms with Gasteiger partial charge in [0.1, 0.15) is 5.82 Å². The molecule has 2 amide bonds. The van der Waals surface area contributed by atoms with Crippen LogP contribution in [-0.4, -0.2) is 28.2 Å². The van der Waals surface area contributed by atoms with Crippen molar-refractivity contribution >= 4 is 34.9 Å². The van der Waals surface area contributed by atoms with Gasteiger partial charge in [-0.2, -0.15) is 0 Å². The second-order valence-electron chi connectivity index (χ2n) is 7.09. The lowest BCUT2D eigenvalue weighted by atomic mass is 9.90. The van der Waals surface area contributed by atoms with E-state index in [0.29, 0.717) is 29.0 Å². The van der Waals surface area contributed by atoms with Crippen molar-refractivity contribution < 1.29 is 9.59 Å². The number of aryl methyl sites for hydroxylation is 1. The van der Waals surface area contributed by atoms with Crippen LogP contribution in [0.1, 0.15) is 36.9 Å². The van der Waals surface area contributed by atoms with Crippen molar-refractivity contribution in [2.24, 2.45) is 5.92 Å². The summed E-state index contributed by atoms with van der Waals surface area (Å²) in [7, 11) is 0. The molecule has 2 atom stereocenters. The molecule has 0 unspecified atom stereocenters. The summed E-state index contributed by atoms with van der Waals surface area (Å²) in [5.41, 5.74) is 7.83. The number of hydrogen-bond acceptors (Lipinski definition) is 4. The predicted molar refractivity (Wildman–Crippen MR) is 106 cm³/mol. The summed E-state index contributed by atoms with van der Waals surface area (Å²) in [6.45, 7) is 4.41. The molecule has 3 rings (SSSR count). The number of nitrogens with zero attached hydrogens (tertiary/aromatic N) is 2. The van der Waals surface area contributed by atoms with Crippen LogP contribution in [0.5, 0.6) is 0 Å². The molecule has 3 N–H and O–H groups in total. The summed E-state index contributed by atoms with van der Waals surface area (Å²) in [6, 6.07) is 8.99. The molecule has 1 saturated heterocycles. The molecule has 0 radical (unpaired) electrons. The standard InChI is InChI=1S/C20H23ClN4O2/c1-12-6-7-17(14-4-3-5-15(21)9-14)25(11-12)20(27)19(26)24-16-8-13(2)18(22)23-10-16/h3-5,8-10,12,17H,6-7,11H2,1-2H3,(H2,22,23)(H,24,26)/t12-,17+/m0/s1. The lowest BCUT2D eigenvalue weighted by Crippen LogP contribution is -2.46. The average Bonchev–Trinajstić information content (AvgIpc) is 2.64. The molecule has 0 spiro atoms. The van der Waals surface area contributed by atoms with Crippen molar-refractivity contribution in [2.45, 2.75) is 32.7 Å². The zero-order valence-corrected chi connectivity index (χ0v) is 16.2. The van der Waals surface area contributed by atoms with Crippen molar-refractivity contribution in [3.8, 4) is 0 Å². The van der Waals surface area contributed by atoms with E-state index in [1.54, 1.807) is 24.0 Å². The van der Waals surface area contributed by atoms with E-state index in [4.69, 9.17) is 17.3 Å². The molecule has 1 fully saturated rings. The summed E-state index contributed by atoms with van der Waals surface area (Å²) < 4.78 is 0. The quantitative estimate of drug-likeness (QED) is 0.772. The Hall–Kier alpha value is -2.60. The highest BCUT2D eigenvalue weighted by Crippen LogP contribution is 2.34. The van der Waals surface area contributed by atoms with Crippen LogP contribution < -0.4 is 11.1 Å². The van der Waals surface area contributed by atoms with Gasteiger partial charge in [0, 0.05) is 11.6 Å². The highest BCUT2D eigenvalue weighted by atomic mass is 35.5. The van der Waals surface area contributed by atoms with Gasteiger partial charge in [0.25, 0.3) is 0 Å². The molecule has 1 aliphatic rings. The molecule has 1 aliphatic heterocycles. The van der Waals surface area contributed by atoms with Crippen molar-refractivity contribution in [2.75, 3.05) is 17.6 Å². The van der Waals surface area contributed by atoms with Crippen LogP contribution in [0.4, 0.5) is 11.5 Å². The fourth-order valence-electron chi connectivity index (χ4n) is 3.41. The van der Waals surface area contributed by atoms with Gasteiger partial charge in [-0.1, -0.05) is 30.7 Å². The Balaban J connectivity index is 1.80. The highest BCUT2D eigenvalue weighted by Gasteiger charge is 2.34. The summed E-state index contributed by atoms with van der Waals surface area (Å²) in [4.78, 5) is 31.1. The molecule has 27 heavy (non-hydrogen) atoms. The van der Waals surface area contributed by atoms with E-state index in [0.717, 1.165) is 24.0 Å². The molecule has 6 nitrogen and oxygen atoms in total. The van der Waals surface area contributed by atoms with Gasteiger partial charge < -0.3 is 16.0 Å². The topological polar surface area (TPSA) is 88.3 Å². The van der Waals surface area contributed by atoms with Crippen molar-refractivity contribution in [3.63, 3.8) is 0 Å². The second-order valence-corrected chi connectivity index (χ2v) is 7.53. The number of piperidine rings is 1. The van der Waals surface area contributed by atoms with Gasteiger partial charge in [-0.15, -0.1) is 0 Å². The van der Waals surface area contributed by atoms with Gasteiger partial charge in [0.05, 0.1) is 17.9 Å². The minimum absolute atomic E-state index is 0.163. The van der Waals surface area contributed by atoms with Crippen LogP contribution in [0.15, 0.2) is 36.5 Å². The molecular weight excluding hydrogens is 364 g/mol. The molecule has 1 aromatic heterocycles. The number of halogens is 1. The first-order valence-electron chi connectivity index (χ1n) is 8.94. The number of pyridine rings is 1. The lowest BCUT2D eigenvalue weighted by molar-refractivity contribution is -0.146. The summed E-state index contributed by atoms with van der Waals surface area (Å²) in [5, 5.41) is 3.25. The Morgan fingerprint density at radius 3 is 2.78 bits per heavy atom. The van der Waals surface area contributed by atoms with E-state index in [2.05, 4.69) is 17.2 Å². The first-order valence-corrected chi connectivity index (χ1v) is 9.32. The monoisotopic (exact) mass is 386 g/mol. The third-order valence-electron chi connectivity index (χ3n) is 4.88. The first-order chi connectivity index (χ1) is 12.8. The molecule has 2 heterocycles. The molecule has 0 saturated carbocycles. The predicted octanol–water partition coefficient (Wildman–Crippen LogP) is 3.56. The van der Waals surface area contributed by atoms with E-state index in [1.807, 2.05) is 18.2 Å². The number of nitrogen functional groups attached to an aromatic ring is 1. The third kappa shape index (κ3) is 4.39. The Bertz CT molecular complexity index is 871. The minimum Gasteiger partial charge on any atom is -0.383 e. The van der Waals surface area contributed by atoms with Gasteiger partial charge in [0.15, 0.2) is 0 Å². The van der Waals surface area contributed by atoms with E-state index in [9.17, 15) is 9.59 Å². The van der Waals surface area contributed by atoms with Crippen LogP contribution in [0.3, 0.4) is 0 Å². The molecule has 0 bridgehead atoms. The van der Waals surface area contributed by atoms with Gasteiger partial charge >= 0.3 is 11.8 Å². The Morgan fingerprint density at radius 2 is 2.07 bits per heavy atom. The zero-order chi connectivity index (χ0) is 19.6. The molecule has 142 valence electrons. The third-order valence-corrected chi connectivity index (χ3v) is 5.12. The molecule has 0 aliphatic carbocycles. The van der Waals surface area contributed by atoms with Crippen LogP contribution >= 0.6 is 11.6 Å². The van der Waals surface area contributed by atoms with Crippen molar-refractivity contribution in [1.82, 2.24) is 9.88 Å². The van der Waals surface area contributed by atoms with Crippen LogP contribution in [0.2, 0.25) is 5.02 Å². The Labute approximate surface area is 163 Å². The van der Waals surface area contributed by atoms with E-state index in [-0.39, 0.29) is 6.04 Å². The maximum absolute atomic E-state index is 12.9. The number of likely N-dealkylation sites (tertiary alicyclic amines) is 1. The molecule has 7 heteroatoms. The number of rotatable bonds is 2. The Morgan fingerprint density at radius 1 is 1.30 bits per heavy atom. The number of hydrogen-bond donors (Lipinski definition) is 2. The van der Waals surface area contributed by atoms with Gasteiger partial charge in [-0.05, 0) is 55.0 Å². The van der Waals surface area contributed by atoms with Crippen LogP contribution in [-0.2, 0) is 9.59 Å². The number of benzene rings is 1. The fourth-order valence-corrected chi connectivity index (χ4v) is 3.60. The largest absolute Gasteiger partial charge is 0.383 e. The first kappa shape index (κ1) is 19.2. The number of anilines is 2. The molecule has 1 aromatic carbocycles. The molecular formula is C20H23ClN4O2. The fraction of sp³-hybridized carbons (Fsp3) is 0.350. The van der Waals surface area contributed by atoms with Crippen molar-refractivity contribution in [1.29, 1.82) is 0 Å². The van der Waals surface area contributed by atoms with Gasteiger partial charge in [-0.25, -0.2) is 4.98 Å². The summed E-state index contributed by atoms with van der Waals surface area (Å²) in [6.07, 6.45) is 3.23. The lowest BCUT2D eigenvalue weighted by Gasteiger charge is -2.38. The van der Waals surface area contributed by atoms with E-state index in [1.165, 1.54) is 6.20 Å². The van der Waals surface area contributed by atoms with Gasteiger partial charge in [0.2, 0.25) is 0 Å². The summed E-state index contributed by atoms with van der Waals surface area (Å²) in [5.74, 6) is -0.508. The zero-order valence-electron chi connectivity index (χ0n) is 15.4. The average molecular weight is 387 g/mol. The minimum atomic E-state index is -0.679. The number of aromatic nitrogens is 1. The number of nitrogens with one attached hydrogen (secondary N) is 1. The van der Waals surface area contributed by atoms with E-state index >= 15 is 0 Å². The number of nitrogens with two attached hydrogens (primary N) is 1. The second kappa shape index (κ2) is 7.96. The normalized spacial score (nSPS) is 19.6. The maximum Gasteiger partial charge on any atom is 0.313 e. The van der Waals surface area contributed by atoms with E-state index < -0.39 is 11.8 Å². The SMILES string of the molecule is Cc1cc(NC(=O)C(=O)N2C[C@@H](C)CC[C@@H]2c2cccc(Cl)c2)cnc1N. The summed E-state index contributed by atoms with van der Waals surface area (Å²) >= 11 is 6.12. The Kier molecular flexibility index (Phi) is 5.65. The highest BCUT2D eigenvalue weighted by molar-refractivity contribution is 6.39. The van der Waals surface area contributed by atoms with Crippen LogP contribution in [0.25, 0.3) is 0 Å². The van der Waals surface area contributed by atoms with Crippen molar-refractivity contribution in [3.05, 3.63) is 52.7 Å². The molecule has 2 aromatic rings. The smallest absolute Gasteiger partial charge is 0.313 e. The number of carbonyl (C=O) groups is 2. The number of carbonyl (C=O) groups excluding carboxylic acids is 2.